The predicted octanol–water partition coefficient (Wildman–Crippen LogP) is 3.11. The van der Waals surface area contributed by atoms with Gasteiger partial charge in [-0.15, -0.1) is 0 Å². The molecule has 2 heteroatoms. The highest BCUT2D eigenvalue weighted by Gasteiger charge is 2.25. The molecule has 1 fully saturated rings. The molecule has 0 bridgehead atoms. The Morgan fingerprint density at radius 3 is 2.50 bits per heavy atom. The molecule has 0 aromatic heterocycles. The first-order chi connectivity index (χ1) is 6.77. The first kappa shape index (κ1) is 11.5. The van der Waals surface area contributed by atoms with E-state index in [9.17, 15) is 0 Å². The number of aliphatic imine (C=N–C) groups is 1. The molecule has 0 amide bonds. The average Bonchev–Trinajstić information content (AvgIpc) is 2.97. The van der Waals surface area contributed by atoms with Gasteiger partial charge in [-0.2, -0.15) is 0 Å². The van der Waals surface area contributed by atoms with Gasteiger partial charge in [-0.3, -0.25) is 4.99 Å². The van der Waals surface area contributed by atoms with Crippen molar-refractivity contribution in [3.8, 4) is 0 Å². The van der Waals surface area contributed by atoms with Crippen molar-refractivity contribution >= 4 is 5.84 Å². The van der Waals surface area contributed by atoms with Gasteiger partial charge in [0.2, 0.25) is 0 Å². The van der Waals surface area contributed by atoms with Crippen molar-refractivity contribution in [2.24, 2.45) is 16.6 Å². The van der Waals surface area contributed by atoms with Crippen LogP contribution in [0.25, 0.3) is 0 Å². The lowest BCUT2D eigenvalue weighted by atomic mass is 10.1. The van der Waals surface area contributed by atoms with Gasteiger partial charge in [0.25, 0.3) is 0 Å². The fourth-order valence-electron chi connectivity index (χ4n) is 1.74. The van der Waals surface area contributed by atoms with E-state index < -0.39 is 0 Å². The van der Waals surface area contributed by atoms with Gasteiger partial charge in [0, 0.05) is 5.92 Å². The van der Waals surface area contributed by atoms with Gasteiger partial charge in [-0.05, 0) is 25.7 Å². The van der Waals surface area contributed by atoms with E-state index in [2.05, 4.69) is 18.8 Å². The third-order valence-electron chi connectivity index (χ3n) is 2.84. The van der Waals surface area contributed by atoms with Crippen molar-refractivity contribution in [3.05, 3.63) is 0 Å². The summed E-state index contributed by atoms with van der Waals surface area (Å²) in [6.45, 7) is 4.46. The largest absolute Gasteiger partial charge is 0.387 e. The molecule has 1 rings (SSSR count). The summed E-state index contributed by atoms with van der Waals surface area (Å²) >= 11 is 0. The van der Waals surface area contributed by atoms with E-state index in [4.69, 9.17) is 5.73 Å². The number of nitrogens with two attached hydrogens (primary N) is 1. The lowest BCUT2D eigenvalue weighted by Crippen LogP contribution is -2.18. The summed E-state index contributed by atoms with van der Waals surface area (Å²) in [5.74, 6) is 1.57. The van der Waals surface area contributed by atoms with E-state index in [0.29, 0.717) is 12.0 Å². The lowest BCUT2D eigenvalue weighted by Gasteiger charge is -2.11. The molecular formula is C12H24N2. The van der Waals surface area contributed by atoms with Crippen LogP contribution in [-0.2, 0) is 0 Å². The molecule has 0 aliphatic heterocycles. The van der Waals surface area contributed by atoms with Gasteiger partial charge in [0.1, 0.15) is 0 Å². The van der Waals surface area contributed by atoms with Crippen molar-refractivity contribution in [1.82, 2.24) is 0 Å². The summed E-state index contributed by atoms with van der Waals surface area (Å²) in [7, 11) is 0. The molecule has 1 unspecified atom stereocenters. The van der Waals surface area contributed by atoms with E-state index in [0.717, 1.165) is 5.84 Å². The molecular weight excluding hydrogens is 172 g/mol. The smallest absolute Gasteiger partial charge is 0.0971 e. The Morgan fingerprint density at radius 1 is 1.29 bits per heavy atom. The van der Waals surface area contributed by atoms with E-state index in [1.807, 2.05) is 0 Å². The van der Waals surface area contributed by atoms with E-state index >= 15 is 0 Å². The Labute approximate surface area is 88.0 Å². The minimum absolute atomic E-state index is 0.501. The molecule has 0 saturated heterocycles. The van der Waals surface area contributed by atoms with Crippen molar-refractivity contribution < 1.29 is 0 Å². The fraction of sp³-hybridized carbons (Fsp3) is 0.917. The number of unbranched alkanes of at least 4 members (excludes halogenated alkanes) is 1. The highest BCUT2D eigenvalue weighted by Crippen LogP contribution is 2.29. The Hall–Kier alpha value is -0.530. The van der Waals surface area contributed by atoms with Gasteiger partial charge < -0.3 is 5.73 Å². The lowest BCUT2D eigenvalue weighted by molar-refractivity contribution is 0.535. The Bertz CT molecular complexity index is 183. The van der Waals surface area contributed by atoms with E-state index in [-0.39, 0.29) is 0 Å². The molecule has 0 radical (unpaired) electrons. The summed E-state index contributed by atoms with van der Waals surface area (Å²) in [6.07, 6.45) is 8.72. The van der Waals surface area contributed by atoms with Crippen LogP contribution in [0.5, 0.6) is 0 Å². The minimum Gasteiger partial charge on any atom is -0.387 e. The normalized spacial score (nSPS) is 19.7. The Morgan fingerprint density at radius 2 is 2.00 bits per heavy atom. The monoisotopic (exact) mass is 196 g/mol. The van der Waals surface area contributed by atoms with Gasteiger partial charge in [-0.1, -0.05) is 33.1 Å². The topological polar surface area (TPSA) is 38.4 Å². The van der Waals surface area contributed by atoms with Crippen LogP contribution >= 0.6 is 0 Å². The molecule has 0 heterocycles. The Balaban J connectivity index is 2.35. The second-order valence-electron chi connectivity index (χ2n) is 4.41. The quantitative estimate of drug-likeness (QED) is 0.493. The average molecular weight is 196 g/mol. The standard InChI is InChI=1S/C12H24N2/c1-3-5-7-11(6-4-2)14-12(13)10-8-9-10/h10-11H,3-9H2,1-2H3,(H2,13,14). The highest BCUT2D eigenvalue weighted by atomic mass is 14.9. The Kier molecular flexibility index (Phi) is 4.99. The van der Waals surface area contributed by atoms with Crippen LogP contribution in [-0.4, -0.2) is 11.9 Å². The minimum atomic E-state index is 0.501. The number of hydrogen-bond donors (Lipinski definition) is 1. The molecule has 1 aliphatic rings. The van der Waals surface area contributed by atoms with Crippen molar-refractivity contribution in [2.45, 2.75) is 64.8 Å². The molecule has 2 N–H and O–H groups in total. The molecule has 0 aromatic carbocycles. The van der Waals surface area contributed by atoms with Gasteiger partial charge in [-0.25, -0.2) is 0 Å². The summed E-state index contributed by atoms with van der Waals surface area (Å²) in [5.41, 5.74) is 5.93. The maximum absolute atomic E-state index is 5.93. The maximum Gasteiger partial charge on any atom is 0.0971 e. The van der Waals surface area contributed by atoms with Gasteiger partial charge in [0.05, 0.1) is 11.9 Å². The molecule has 1 saturated carbocycles. The summed E-state index contributed by atoms with van der Waals surface area (Å²) in [4.78, 5) is 4.66. The third-order valence-corrected chi connectivity index (χ3v) is 2.84. The third kappa shape index (κ3) is 4.12. The zero-order chi connectivity index (χ0) is 10.4. The van der Waals surface area contributed by atoms with Crippen LogP contribution in [0.4, 0.5) is 0 Å². The zero-order valence-corrected chi connectivity index (χ0v) is 9.63. The van der Waals surface area contributed by atoms with Crippen LogP contribution in [0.15, 0.2) is 4.99 Å². The molecule has 2 nitrogen and oxygen atoms in total. The number of hydrogen-bond acceptors (Lipinski definition) is 1. The molecule has 14 heavy (non-hydrogen) atoms. The molecule has 0 spiro atoms. The molecule has 82 valence electrons. The first-order valence-electron chi connectivity index (χ1n) is 6.11. The van der Waals surface area contributed by atoms with Crippen LogP contribution in [0, 0.1) is 5.92 Å². The summed E-state index contributed by atoms with van der Waals surface area (Å²) < 4.78 is 0. The molecule has 1 aliphatic carbocycles. The fourth-order valence-corrected chi connectivity index (χ4v) is 1.74. The maximum atomic E-state index is 5.93. The van der Waals surface area contributed by atoms with Crippen LogP contribution in [0.2, 0.25) is 0 Å². The zero-order valence-electron chi connectivity index (χ0n) is 9.63. The first-order valence-corrected chi connectivity index (χ1v) is 6.11. The van der Waals surface area contributed by atoms with E-state index in [1.54, 1.807) is 0 Å². The SMILES string of the molecule is CCCCC(CCC)N=C(N)C1CC1. The van der Waals surface area contributed by atoms with E-state index in [1.165, 1.54) is 44.9 Å². The number of nitrogens with zero attached hydrogens (tertiary/aromatic N) is 1. The number of rotatable bonds is 7. The van der Waals surface area contributed by atoms with Crippen molar-refractivity contribution in [1.29, 1.82) is 0 Å². The molecule has 0 aromatic rings. The second-order valence-corrected chi connectivity index (χ2v) is 4.41. The second kappa shape index (κ2) is 6.05. The predicted molar refractivity (Wildman–Crippen MR) is 62.6 cm³/mol. The van der Waals surface area contributed by atoms with Crippen molar-refractivity contribution in [3.63, 3.8) is 0 Å². The van der Waals surface area contributed by atoms with Crippen molar-refractivity contribution in [2.75, 3.05) is 0 Å². The highest BCUT2D eigenvalue weighted by molar-refractivity contribution is 5.85. The van der Waals surface area contributed by atoms with Crippen LogP contribution in [0.1, 0.15) is 58.8 Å². The van der Waals surface area contributed by atoms with Crippen LogP contribution in [0.3, 0.4) is 0 Å². The summed E-state index contributed by atoms with van der Waals surface area (Å²) in [6, 6.07) is 0.501. The van der Waals surface area contributed by atoms with Crippen LogP contribution < -0.4 is 5.73 Å². The summed E-state index contributed by atoms with van der Waals surface area (Å²) in [5, 5.41) is 0. The van der Waals surface area contributed by atoms with Gasteiger partial charge >= 0.3 is 0 Å². The number of amidine groups is 1. The molecule has 1 atom stereocenters. The van der Waals surface area contributed by atoms with Gasteiger partial charge in [0.15, 0.2) is 0 Å².